The van der Waals surface area contributed by atoms with Crippen LogP contribution in [0.4, 0.5) is 5.69 Å². The Bertz CT molecular complexity index is 1280. The molecule has 0 aromatic heterocycles. The maximum Gasteiger partial charge on any atom is 0.289 e. The molecule has 0 radical (unpaired) electrons. The van der Waals surface area contributed by atoms with E-state index >= 15 is 0 Å². The van der Waals surface area contributed by atoms with Gasteiger partial charge in [-0.25, -0.2) is 8.42 Å². The molecule has 0 saturated carbocycles. The minimum absolute atomic E-state index is 0.0102. The van der Waals surface area contributed by atoms with E-state index in [4.69, 9.17) is 4.43 Å². The van der Waals surface area contributed by atoms with Crippen LogP contribution >= 0.6 is 0 Å². The highest BCUT2D eigenvalue weighted by atomic mass is 32.2. The van der Waals surface area contributed by atoms with Gasteiger partial charge in [0.1, 0.15) is 6.04 Å². The van der Waals surface area contributed by atoms with Crippen molar-refractivity contribution in [3.63, 3.8) is 0 Å². The molecule has 1 fully saturated rings. The summed E-state index contributed by atoms with van der Waals surface area (Å²) < 4.78 is 35.4. The van der Waals surface area contributed by atoms with Crippen molar-refractivity contribution < 1.29 is 22.6 Å². The second-order valence-corrected chi connectivity index (χ2v) is 17.6. The summed E-state index contributed by atoms with van der Waals surface area (Å²) in [6, 6.07) is 12.5. The number of rotatable bonds is 10. The lowest BCUT2D eigenvalue weighted by atomic mass is 10.1. The van der Waals surface area contributed by atoms with Crippen LogP contribution in [-0.4, -0.2) is 62.5 Å². The van der Waals surface area contributed by atoms with Crippen molar-refractivity contribution in [1.82, 2.24) is 9.21 Å². The number of carbonyl (C=O) groups is 1. The van der Waals surface area contributed by atoms with Crippen LogP contribution in [0.25, 0.3) is 0 Å². The van der Waals surface area contributed by atoms with Gasteiger partial charge in [-0.3, -0.25) is 14.9 Å². The standard InChI is InChI=1S/C27H37N3O6SSi/c1-7-18-29(37(34,35)24-16-12-11-15-23(24)30(32)33)25(21-13-9-8-10-14-21)26(31)28-19-17-22(20-28)36-38(5,6)27(2,3)4/h7-16,22,25H,1,17-20H2,2-6H3. The summed E-state index contributed by atoms with van der Waals surface area (Å²) in [5.41, 5.74) is -0.0832. The van der Waals surface area contributed by atoms with E-state index in [1.54, 1.807) is 35.2 Å². The zero-order valence-corrected chi connectivity index (χ0v) is 24.5. The van der Waals surface area contributed by atoms with Gasteiger partial charge < -0.3 is 9.33 Å². The van der Waals surface area contributed by atoms with Crippen molar-refractivity contribution >= 4 is 29.9 Å². The average Bonchev–Trinajstić information content (AvgIpc) is 3.31. The Balaban J connectivity index is 2.02. The first kappa shape index (κ1) is 29.7. The molecule has 9 nitrogen and oxygen atoms in total. The zero-order chi connectivity index (χ0) is 28.3. The number of carbonyl (C=O) groups excluding carboxylic acids is 1. The Morgan fingerprint density at radius 2 is 1.82 bits per heavy atom. The minimum Gasteiger partial charge on any atom is -0.412 e. The van der Waals surface area contributed by atoms with E-state index in [2.05, 4.69) is 40.4 Å². The Labute approximate surface area is 226 Å². The van der Waals surface area contributed by atoms with Gasteiger partial charge in [-0.15, -0.1) is 6.58 Å². The SMILES string of the molecule is C=CCN(C(C(=O)N1CCC(O[Si](C)(C)C(C)(C)C)C1)c1ccccc1)S(=O)(=O)c1ccccc1[N+](=O)[O-]. The van der Waals surface area contributed by atoms with Crippen LogP contribution in [0.15, 0.2) is 72.1 Å². The Hall–Kier alpha value is -2.86. The van der Waals surface area contributed by atoms with Crippen molar-refractivity contribution in [3.05, 3.63) is 82.9 Å². The second kappa shape index (κ2) is 11.5. The largest absolute Gasteiger partial charge is 0.412 e. The predicted octanol–water partition coefficient (Wildman–Crippen LogP) is 5.14. The molecule has 1 heterocycles. The maximum absolute atomic E-state index is 14.1. The summed E-state index contributed by atoms with van der Waals surface area (Å²) in [5.74, 6) is -0.401. The number of benzene rings is 2. The molecule has 206 valence electrons. The van der Waals surface area contributed by atoms with E-state index in [1.807, 2.05) is 0 Å². The van der Waals surface area contributed by atoms with Crippen LogP contribution in [0.5, 0.6) is 0 Å². The molecule has 0 spiro atoms. The van der Waals surface area contributed by atoms with Gasteiger partial charge in [-0.1, -0.05) is 69.3 Å². The maximum atomic E-state index is 14.1. The number of amides is 1. The molecule has 2 aromatic rings. The third kappa shape index (κ3) is 6.23. The monoisotopic (exact) mass is 559 g/mol. The highest BCUT2D eigenvalue weighted by molar-refractivity contribution is 7.89. The van der Waals surface area contributed by atoms with E-state index in [0.29, 0.717) is 25.1 Å². The number of nitro benzene ring substituents is 1. The normalized spacial score (nSPS) is 17.4. The molecule has 0 aliphatic carbocycles. The Morgan fingerprint density at radius 1 is 1.21 bits per heavy atom. The smallest absolute Gasteiger partial charge is 0.289 e. The van der Waals surface area contributed by atoms with Crippen LogP contribution in [0.1, 0.15) is 38.8 Å². The second-order valence-electron chi connectivity index (χ2n) is 11.0. The van der Waals surface area contributed by atoms with Crippen LogP contribution in [0, 0.1) is 10.1 Å². The van der Waals surface area contributed by atoms with E-state index in [0.717, 1.165) is 10.4 Å². The van der Waals surface area contributed by atoms with Crippen molar-refractivity contribution in [2.24, 2.45) is 0 Å². The van der Waals surface area contributed by atoms with Gasteiger partial charge in [0.15, 0.2) is 13.2 Å². The van der Waals surface area contributed by atoms with Crippen molar-refractivity contribution in [1.29, 1.82) is 0 Å². The number of sulfonamides is 1. The molecule has 3 rings (SSSR count). The highest BCUT2D eigenvalue weighted by Crippen LogP contribution is 2.39. The number of para-hydroxylation sites is 1. The molecule has 2 aromatic carbocycles. The van der Waals surface area contributed by atoms with Gasteiger partial charge in [-0.05, 0) is 36.2 Å². The van der Waals surface area contributed by atoms with Gasteiger partial charge in [0, 0.05) is 25.7 Å². The summed E-state index contributed by atoms with van der Waals surface area (Å²) in [6.45, 7) is 15.0. The van der Waals surface area contributed by atoms with Crippen molar-refractivity contribution in [2.75, 3.05) is 19.6 Å². The fourth-order valence-corrected chi connectivity index (χ4v) is 7.36. The Kier molecular flexibility index (Phi) is 8.97. The molecular formula is C27H37N3O6SSi. The summed E-state index contributed by atoms with van der Waals surface area (Å²) >= 11 is 0. The number of hydrogen-bond donors (Lipinski definition) is 0. The van der Waals surface area contributed by atoms with Crippen molar-refractivity contribution in [2.45, 2.75) is 62.4 Å². The van der Waals surface area contributed by atoms with Gasteiger partial charge in [-0.2, -0.15) is 4.31 Å². The lowest BCUT2D eigenvalue weighted by Crippen LogP contribution is -2.47. The lowest BCUT2D eigenvalue weighted by molar-refractivity contribution is -0.387. The first-order valence-electron chi connectivity index (χ1n) is 12.6. The molecule has 2 atom stereocenters. The molecule has 1 amide bonds. The number of hydrogen-bond acceptors (Lipinski definition) is 6. The molecule has 0 bridgehead atoms. The molecule has 1 aliphatic rings. The molecule has 11 heteroatoms. The summed E-state index contributed by atoms with van der Waals surface area (Å²) in [6.07, 6.45) is 1.89. The van der Waals surface area contributed by atoms with Crippen molar-refractivity contribution in [3.8, 4) is 0 Å². The fraction of sp³-hybridized carbons (Fsp3) is 0.444. The minimum atomic E-state index is -4.47. The van der Waals surface area contributed by atoms with Crippen LogP contribution in [0.2, 0.25) is 18.1 Å². The first-order valence-corrected chi connectivity index (χ1v) is 16.9. The lowest BCUT2D eigenvalue weighted by Gasteiger charge is -2.38. The topological polar surface area (TPSA) is 110 Å². The van der Waals surface area contributed by atoms with E-state index in [-0.39, 0.29) is 17.7 Å². The van der Waals surface area contributed by atoms with Gasteiger partial charge in [0.05, 0.1) is 11.0 Å². The summed E-state index contributed by atoms with van der Waals surface area (Å²) in [7, 11) is -6.55. The average molecular weight is 560 g/mol. The first-order chi connectivity index (χ1) is 17.7. The van der Waals surface area contributed by atoms with Crippen LogP contribution in [0.3, 0.4) is 0 Å². The third-order valence-electron chi connectivity index (χ3n) is 7.32. The quantitative estimate of drug-likeness (QED) is 0.173. The molecule has 1 aliphatic heterocycles. The molecule has 2 unspecified atom stereocenters. The van der Waals surface area contributed by atoms with E-state index in [9.17, 15) is 23.3 Å². The molecular weight excluding hydrogens is 522 g/mol. The molecule has 1 saturated heterocycles. The van der Waals surface area contributed by atoms with Gasteiger partial charge >= 0.3 is 0 Å². The highest BCUT2D eigenvalue weighted by Gasteiger charge is 2.44. The van der Waals surface area contributed by atoms with Gasteiger partial charge in [0.25, 0.3) is 15.7 Å². The van der Waals surface area contributed by atoms with Crippen LogP contribution in [-0.2, 0) is 19.2 Å². The Morgan fingerprint density at radius 3 is 2.39 bits per heavy atom. The summed E-state index contributed by atoms with van der Waals surface area (Å²) in [4.78, 5) is 26.2. The fourth-order valence-electron chi connectivity index (χ4n) is 4.28. The van der Waals surface area contributed by atoms with E-state index < -0.39 is 45.8 Å². The number of nitrogens with zero attached hydrogens (tertiary/aromatic N) is 3. The predicted molar refractivity (Wildman–Crippen MR) is 150 cm³/mol. The molecule has 0 N–H and O–H groups in total. The number of nitro groups is 1. The third-order valence-corrected chi connectivity index (χ3v) is 13.7. The molecule has 38 heavy (non-hydrogen) atoms. The van der Waals surface area contributed by atoms with Gasteiger partial charge in [0.2, 0.25) is 5.91 Å². The zero-order valence-electron chi connectivity index (χ0n) is 22.7. The summed E-state index contributed by atoms with van der Waals surface area (Å²) in [5, 5.41) is 11.7. The van der Waals surface area contributed by atoms with E-state index in [1.165, 1.54) is 24.3 Å². The van der Waals surface area contributed by atoms with Crippen LogP contribution < -0.4 is 0 Å². The number of likely N-dealkylation sites (tertiary alicyclic amines) is 1.